The molecule has 1 amide bonds. The van der Waals surface area contributed by atoms with Gasteiger partial charge in [0.2, 0.25) is 5.91 Å². The zero-order valence-electron chi connectivity index (χ0n) is 12.9. The highest BCUT2D eigenvalue weighted by Gasteiger charge is 2.29. The lowest BCUT2D eigenvalue weighted by atomic mass is 10.2. The molecular weight excluding hydrogens is 281 g/mol. The molecular formula is C17H24FN3O. The van der Waals surface area contributed by atoms with Crippen LogP contribution in [-0.2, 0) is 4.79 Å². The first-order chi connectivity index (χ1) is 10.7. The molecule has 0 unspecified atom stereocenters. The lowest BCUT2D eigenvalue weighted by molar-refractivity contribution is -0.122. The van der Waals surface area contributed by atoms with Gasteiger partial charge in [0, 0.05) is 38.6 Å². The van der Waals surface area contributed by atoms with Crippen LogP contribution in [0.25, 0.3) is 0 Å². The molecule has 0 atom stereocenters. The fourth-order valence-electron chi connectivity index (χ4n) is 2.92. The van der Waals surface area contributed by atoms with Crippen molar-refractivity contribution < 1.29 is 9.18 Å². The number of carbonyl (C=O) groups is 1. The smallest absolute Gasteiger partial charge is 0.223 e. The van der Waals surface area contributed by atoms with Crippen LogP contribution in [0.2, 0.25) is 0 Å². The van der Waals surface area contributed by atoms with Crippen molar-refractivity contribution in [3.63, 3.8) is 0 Å². The van der Waals surface area contributed by atoms with Gasteiger partial charge in [-0.3, -0.25) is 9.69 Å². The largest absolute Gasteiger partial charge is 0.367 e. The van der Waals surface area contributed by atoms with Gasteiger partial charge < -0.3 is 10.2 Å². The van der Waals surface area contributed by atoms with Crippen LogP contribution < -0.4 is 10.2 Å². The Hall–Kier alpha value is -1.62. The summed E-state index contributed by atoms with van der Waals surface area (Å²) in [5, 5.41) is 3.00. The molecule has 0 aromatic heterocycles. The summed E-state index contributed by atoms with van der Waals surface area (Å²) in [5.41, 5.74) is 0.707. The molecule has 1 saturated carbocycles. The predicted molar refractivity (Wildman–Crippen MR) is 85.4 cm³/mol. The Bertz CT molecular complexity index is 510. The monoisotopic (exact) mass is 305 g/mol. The van der Waals surface area contributed by atoms with Gasteiger partial charge in [-0.15, -0.1) is 0 Å². The second-order valence-corrected chi connectivity index (χ2v) is 6.20. The minimum absolute atomic E-state index is 0.140. The van der Waals surface area contributed by atoms with Gasteiger partial charge in [-0.05, 0) is 37.9 Å². The fourth-order valence-corrected chi connectivity index (χ4v) is 2.92. The minimum Gasteiger partial charge on any atom is -0.367 e. The molecule has 2 aliphatic rings. The summed E-state index contributed by atoms with van der Waals surface area (Å²) in [6.45, 7) is 5.37. The van der Waals surface area contributed by atoms with Gasteiger partial charge in [0.05, 0.1) is 5.69 Å². The van der Waals surface area contributed by atoms with Crippen LogP contribution in [0.5, 0.6) is 0 Å². The van der Waals surface area contributed by atoms with Crippen LogP contribution in [0.1, 0.15) is 19.3 Å². The Kier molecular flexibility index (Phi) is 4.93. The molecule has 0 radical (unpaired) electrons. The second kappa shape index (κ2) is 7.09. The van der Waals surface area contributed by atoms with E-state index in [2.05, 4.69) is 15.1 Å². The third kappa shape index (κ3) is 3.97. The third-order valence-electron chi connectivity index (χ3n) is 4.46. The first-order valence-electron chi connectivity index (χ1n) is 8.23. The van der Waals surface area contributed by atoms with Gasteiger partial charge in [-0.1, -0.05) is 12.1 Å². The highest BCUT2D eigenvalue weighted by Crippen LogP contribution is 2.28. The molecule has 1 aliphatic carbocycles. The van der Waals surface area contributed by atoms with Crippen LogP contribution in [0.3, 0.4) is 0 Å². The molecule has 4 nitrogen and oxygen atoms in total. The van der Waals surface area contributed by atoms with Crippen molar-refractivity contribution in [1.82, 2.24) is 10.2 Å². The minimum atomic E-state index is -0.140. The Labute approximate surface area is 131 Å². The lowest BCUT2D eigenvalue weighted by Gasteiger charge is -2.36. The number of nitrogens with zero attached hydrogens (tertiary/aromatic N) is 2. The number of anilines is 1. The Morgan fingerprint density at radius 2 is 1.91 bits per heavy atom. The van der Waals surface area contributed by atoms with E-state index in [-0.39, 0.29) is 11.7 Å². The number of hydrogen-bond acceptors (Lipinski definition) is 3. The average Bonchev–Trinajstić information content (AvgIpc) is 3.37. The van der Waals surface area contributed by atoms with Crippen LogP contribution in [-0.4, -0.2) is 50.1 Å². The number of carbonyl (C=O) groups excluding carboxylic acids is 1. The topological polar surface area (TPSA) is 35.6 Å². The highest BCUT2D eigenvalue weighted by molar-refractivity contribution is 5.80. The van der Waals surface area contributed by atoms with Gasteiger partial charge in [-0.2, -0.15) is 0 Å². The van der Waals surface area contributed by atoms with Gasteiger partial charge in [0.25, 0.3) is 0 Å². The Balaban J connectivity index is 1.35. The van der Waals surface area contributed by atoms with Crippen molar-refractivity contribution in [2.24, 2.45) is 5.92 Å². The van der Waals surface area contributed by atoms with Crippen molar-refractivity contribution in [3.8, 4) is 0 Å². The Morgan fingerprint density at radius 3 is 2.59 bits per heavy atom. The number of para-hydroxylation sites is 1. The van der Waals surface area contributed by atoms with Gasteiger partial charge in [0.15, 0.2) is 0 Å². The van der Waals surface area contributed by atoms with Gasteiger partial charge in [-0.25, -0.2) is 4.39 Å². The highest BCUT2D eigenvalue weighted by atomic mass is 19.1. The van der Waals surface area contributed by atoms with E-state index in [4.69, 9.17) is 0 Å². The van der Waals surface area contributed by atoms with E-state index in [0.717, 1.165) is 58.5 Å². The van der Waals surface area contributed by atoms with Crippen molar-refractivity contribution in [3.05, 3.63) is 30.1 Å². The van der Waals surface area contributed by atoms with E-state index in [9.17, 15) is 9.18 Å². The van der Waals surface area contributed by atoms with E-state index in [1.807, 2.05) is 12.1 Å². The summed E-state index contributed by atoms with van der Waals surface area (Å²) in [4.78, 5) is 16.0. The maximum Gasteiger partial charge on any atom is 0.223 e. The van der Waals surface area contributed by atoms with Crippen molar-refractivity contribution >= 4 is 11.6 Å². The van der Waals surface area contributed by atoms with E-state index < -0.39 is 0 Å². The van der Waals surface area contributed by atoms with Crippen LogP contribution in [0.4, 0.5) is 10.1 Å². The van der Waals surface area contributed by atoms with Crippen LogP contribution in [0, 0.1) is 11.7 Å². The normalized spacial score (nSPS) is 19.2. The quantitative estimate of drug-likeness (QED) is 0.815. The van der Waals surface area contributed by atoms with E-state index in [0.29, 0.717) is 11.6 Å². The van der Waals surface area contributed by atoms with Crippen molar-refractivity contribution in [2.45, 2.75) is 19.3 Å². The van der Waals surface area contributed by atoms with Crippen LogP contribution >= 0.6 is 0 Å². The second-order valence-electron chi connectivity index (χ2n) is 6.20. The molecule has 3 rings (SSSR count). The number of piperazine rings is 1. The molecule has 1 saturated heterocycles. The SMILES string of the molecule is O=C(NCCCN1CCN(c2ccccc2F)CC1)C1CC1. The maximum atomic E-state index is 13.8. The third-order valence-corrected chi connectivity index (χ3v) is 4.46. The number of nitrogens with one attached hydrogen (secondary N) is 1. The molecule has 120 valence electrons. The molecule has 1 N–H and O–H groups in total. The van der Waals surface area contributed by atoms with Gasteiger partial charge in [0.1, 0.15) is 5.82 Å². The molecule has 2 fully saturated rings. The van der Waals surface area contributed by atoms with Crippen molar-refractivity contribution in [2.75, 3.05) is 44.2 Å². The molecule has 0 spiro atoms. The van der Waals surface area contributed by atoms with Crippen LogP contribution in [0.15, 0.2) is 24.3 Å². The zero-order valence-corrected chi connectivity index (χ0v) is 12.9. The molecule has 5 heteroatoms. The summed E-state index contributed by atoms with van der Waals surface area (Å²) >= 11 is 0. The summed E-state index contributed by atoms with van der Waals surface area (Å²) in [5.74, 6) is 0.382. The number of halogens is 1. The summed E-state index contributed by atoms with van der Waals surface area (Å²) in [6, 6.07) is 6.97. The number of amides is 1. The maximum absolute atomic E-state index is 13.8. The summed E-state index contributed by atoms with van der Waals surface area (Å²) < 4.78 is 13.8. The molecule has 1 aromatic rings. The Morgan fingerprint density at radius 1 is 1.18 bits per heavy atom. The fraction of sp³-hybridized carbons (Fsp3) is 0.588. The first-order valence-corrected chi connectivity index (χ1v) is 8.23. The predicted octanol–water partition coefficient (Wildman–Crippen LogP) is 1.86. The molecule has 1 aliphatic heterocycles. The first kappa shape index (κ1) is 15.3. The van der Waals surface area contributed by atoms with Crippen molar-refractivity contribution in [1.29, 1.82) is 0 Å². The number of hydrogen-bond donors (Lipinski definition) is 1. The van der Waals surface area contributed by atoms with E-state index in [1.54, 1.807) is 6.07 Å². The molecule has 1 heterocycles. The number of benzene rings is 1. The molecule has 1 aromatic carbocycles. The van der Waals surface area contributed by atoms with E-state index >= 15 is 0 Å². The zero-order chi connectivity index (χ0) is 15.4. The molecule has 22 heavy (non-hydrogen) atoms. The molecule has 0 bridgehead atoms. The standard InChI is InChI=1S/C17H24FN3O/c18-15-4-1-2-5-16(15)21-12-10-20(11-13-21)9-3-8-19-17(22)14-6-7-14/h1-2,4-5,14H,3,6-13H2,(H,19,22). The van der Waals surface area contributed by atoms with Gasteiger partial charge >= 0.3 is 0 Å². The average molecular weight is 305 g/mol. The number of rotatable bonds is 6. The summed E-state index contributed by atoms with van der Waals surface area (Å²) in [6.07, 6.45) is 3.10. The van der Waals surface area contributed by atoms with E-state index in [1.165, 1.54) is 6.07 Å². The summed E-state index contributed by atoms with van der Waals surface area (Å²) in [7, 11) is 0. The lowest BCUT2D eigenvalue weighted by Crippen LogP contribution is -2.47.